The molecular formula is C17H15BrN2O3. The monoisotopic (exact) mass is 374 g/mol. The first-order valence-electron chi connectivity index (χ1n) is 7.14. The molecule has 1 aromatic heterocycles. The fourth-order valence-corrected chi connectivity index (χ4v) is 3.28. The Bertz CT molecular complexity index is 859. The number of hydrogen-bond donors (Lipinski definition) is 1. The summed E-state index contributed by atoms with van der Waals surface area (Å²) < 4.78 is 8.17. The van der Waals surface area contributed by atoms with Crippen LogP contribution in [0.2, 0.25) is 0 Å². The molecule has 1 N–H and O–H groups in total. The standard InChI is InChI=1S/C17H15BrN2O3/c1-11-9-12(18)10-14-15(19-22)17(21)20(16(11)14)7-8-23-13-5-3-2-4-6-13/h2-6,9-10,21H,7-8H2,1H3. The van der Waals surface area contributed by atoms with Crippen LogP contribution in [0.15, 0.2) is 52.1 Å². The summed E-state index contributed by atoms with van der Waals surface area (Å²) >= 11 is 3.40. The number of nitroso groups, excluding NO2 is 1. The Hall–Kier alpha value is -2.34. The molecule has 23 heavy (non-hydrogen) atoms. The lowest BCUT2D eigenvalue weighted by Crippen LogP contribution is -2.08. The largest absolute Gasteiger partial charge is 0.493 e. The van der Waals surface area contributed by atoms with Crippen molar-refractivity contribution < 1.29 is 9.84 Å². The van der Waals surface area contributed by atoms with Crippen LogP contribution in [0.25, 0.3) is 10.9 Å². The van der Waals surface area contributed by atoms with E-state index in [-0.39, 0.29) is 11.6 Å². The van der Waals surface area contributed by atoms with Crippen LogP contribution < -0.4 is 4.74 Å². The van der Waals surface area contributed by atoms with Crippen molar-refractivity contribution in [3.8, 4) is 11.6 Å². The van der Waals surface area contributed by atoms with E-state index in [1.165, 1.54) is 0 Å². The van der Waals surface area contributed by atoms with Crippen LogP contribution >= 0.6 is 15.9 Å². The minimum absolute atomic E-state index is 0.0594. The number of benzene rings is 2. The molecule has 0 fully saturated rings. The van der Waals surface area contributed by atoms with Crippen LogP contribution in [0, 0.1) is 11.8 Å². The number of aryl methyl sites for hydroxylation is 1. The molecule has 0 saturated carbocycles. The molecule has 0 bridgehead atoms. The van der Waals surface area contributed by atoms with Crippen LogP contribution in [-0.2, 0) is 6.54 Å². The number of aromatic nitrogens is 1. The molecule has 0 unspecified atom stereocenters. The predicted octanol–water partition coefficient (Wildman–Crippen LogP) is 4.89. The van der Waals surface area contributed by atoms with E-state index in [0.717, 1.165) is 21.3 Å². The molecule has 0 spiro atoms. The topological polar surface area (TPSA) is 63.8 Å². The van der Waals surface area contributed by atoms with Gasteiger partial charge in [-0.15, -0.1) is 4.91 Å². The average molecular weight is 375 g/mol. The highest BCUT2D eigenvalue weighted by atomic mass is 79.9. The molecule has 0 aliphatic heterocycles. The third-order valence-corrected chi connectivity index (χ3v) is 4.13. The molecule has 3 rings (SSSR count). The number of hydrogen-bond acceptors (Lipinski definition) is 4. The highest BCUT2D eigenvalue weighted by molar-refractivity contribution is 9.10. The minimum Gasteiger partial charge on any atom is -0.493 e. The Kier molecular flexibility index (Phi) is 4.34. The van der Waals surface area contributed by atoms with Crippen molar-refractivity contribution in [2.75, 3.05) is 6.61 Å². The second-order valence-corrected chi connectivity index (χ2v) is 6.11. The smallest absolute Gasteiger partial charge is 0.222 e. The van der Waals surface area contributed by atoms with Gasteiger partial charge in [0.2, 0.25) is 5.88 Å². The number of para-hydroxylation sites is 1. The molecule has 0 radical (unpaired) electrons. The number of rotatable bonds is 5. The Labute approximate surface area is 141 Å². The Morgan fingerprint density at radius 3 is 2.70 bits per heavy atom. The molecular weight excluding hydrogens is 360 g/mol. The van der Waals surface area contributed by atoms with Crippen LogP contribution in [-0.4, -0.2) is 16.3 Å². The maximum Gasteiger partial charge on any atom is 0.222 e. The molecule has 6 heteroatoms. The number of fused-ring (bicyclic) bond motifs is 1. The van der Waals surface area contributed by atoms with Gasteiger partial charge in [-0.1, -0.05) is 34.1 Å². The van der Waals surface area contributed by atoms with Gasteiger partial charge in [-0.25, -0.2) is 0 Å². The van der Waals surface area contributed by atoms with Crippen LogP contribution in [0.4, 0.5) is 5.69 Å². The fourth-order valence-electron chi connectivity index (χ4n) is 2.71. The van der Waals surface area contributed by atoms with Gasteiger partial charge in [0.05, 0.1) is 12.1 Å². The average Bonchev–Trinajstić information content (AvgIpc) is 2.80. The zero-order valence-electron chi connectivity index (χ0n) is 12.5. The summed E-state index contributed by atoms with van der Waals surface area (Å²) in [7, 11) is 0. The molecule has 3 aromatic rings. The number of aromatic hydroxyl groups is 1. The van der Waals surface area contributed by atoms with Crippen molar-refractivity contribution in [2.45, 2.75) is 13.5 Å². The summed E-state index contributed by atoms with van der Waals surface area (Å²) in [6, 6.07) is 13.2. The molecule has 0 amide bonds. The van der Waals surface area contributed by atoms with Crippen molar-refractivity contribution in [3.63, 3.8) is 0 Å². The molecule has 0 aliphatic carbocycles. The Morgan fingerprint density at radius 2 is 2.00 bits per heavy atom. The Morgan fingerprint density at radius 1 is 1.26 bits per heavy atom. The first kappa shape index (κ1) is 15.6. The number of ether oxygens (including phenoxy) is 1. The summed E-state index contributed by atoms with van der Waals surface area (Å²) in [5.74, 6) is 0.629. The highest BCUT2D eigenvalue weighted by Crippen LogP contribution is 2.41. The molecule has 0 saturated heterocycles. The third-order valence-electron chi connectivity index (χ3n) is 3.68. The van der Waals surface area contributed by atoms with Crippen LogP contribution in [0.5, 0.6) is 11.6 Å². The van der Waals surface area contributed by atoms with E-state index in [2.05, 4.69) is 21.1 Å². The number of nitrogens with zero attached hydrogens (tertiary/aromatic N) is 2. The molecule has 2 aromatic carbocycles. The summed E-state index contributed by atoms with van der Waals surface area (Å²) in [6.07, 6.45) is 0. The Balaban J connectivity index is 1.94. The zero-order valence-corrected chi connectivity index (χ0v) is 14.1. The predicted molar refractivity (Wildman–Crippen MR) is 93.4 cm³/mol. The maximum atomic E-state index is 11.1. The zero-order chi connectivity index (χ0) is 16.4. The second-order valence-electron chi connectivity index (χ2n) is 5.20. The SMILES string of the molecule is Cc1cc(Br)cc2c(N=O)c(O)n(CCOc3ccccc3)c12. The summed E-state index contributed by atoms with van der Waals surface area (Å²) in [6.45, 7) is 2.71. The van der Waals surface area contributed by atoms with Gasteiger partial charge < -0.3 is 14.4 Å². The lowest BCUT2D eigenvalue weighted by atomic mass is 10.1. The van der Waals surface area contributed by atoms with Gasteiger partial charge in [-0.3, -0.25) is 0 Å². The molecule has 0 aliphatic rings. The second kappa shape index (κ2) is 6.42. The quantitative estimate of drug-likeness (QED) is 0.646. The molecule has 118 valence electrons. The van der Waals surface area contributed by atoms with Gasteiger partial charge in [0.15, 0.2) is 5.69 Å². The molecule has 1 heterocycles. The summed E-state index contributed by atoms with van der Waals surface area (Å²) in [5, 5.41) is 13.9. The lowest BCUT2D eigenvalue weighted by molar-refractivity contribution is 0.290. The van der Waals surface area contributed by atoms with E-state index >= 15 is 0 Å². The van der Waals surface area contributed by atoms with Crippen molar-refractivity contribution in [3.05, 3.63) is 57.4 Å². The highest BCUT2D eigenvalue weighted by Gasteiger charge is 2.19. The van der Waals surface area contributed by atoms with Gasteiger partial charge in [0.1, 0.15) is 12.4 Å². The van der Waals surface area contributed by atoms with Gasteiger partial charge in [0, 0.05) is 9.86 Å². The first-order valence-corrected chi connectivity index (χ1v) is 7.93. The normalized spacial score (nSPS) is 10.9. The van der Waals surface area contributed by atoms with Gasteiger partial charge in [0.25, 0.3) is 0 Å². The van der Waals surface area contributed by atoms with E-state index < -0.39 is 0 Å². The molecule has 0 atom stereocenters. The van der Waals surface area contributed by atoms with E-state index in [9.17, 15) is 10.0 Å². The van der Waals surface area contributed by atoms with Gasteiger partial charge in [-0.2, -0.15) is 0 Å². The van der Waals surface area contributed by atoms with E-state index in [1.54, 1.807) is 10.6 Å². The lowest BCUT2D eigenvalue weighted by Gasteiger charge is -2.10. The van der Waals surface area contributed by atoms with Gasteiger partial charge >= 0.3 is 0 Å². The van der Waals surface area contributed by atoms with Crippen molar-refractivity contribution in [2.24, 2.45) is 5.18 Å². The van der Waals surface area contributed by atoms with Crippen molar-refractivity contribution in [1.29, 1.82) is 0 Å². The third kappa shape index (κ3) is 2.94. The number of halogens is 1. The molecule has 5 nitrogen and oxygen atoms in total. The van der Waals surface area contributed by atoms with Crippen molar-refractivity contribution in [1.82, 2.24) is 4.57 Å². The first-order chi connectivity index (χ1) is 11.1. The van der Waals surface area contributed by atoms with Crippen molar-refractivity contribution >= 4 is 32.5 Å². The van der Waals surface area contributed by atoms with Gasteiger partial charge in [-0.05, 0) is 41.9 Å². The summed E-state index contributed by atoms with van der Waals surface area (Å²) in [4.78, 5) is 11.1. The maximum absolute atomic E-state index is 11.1. The van der Waals surface area contributed by atoms with Crippen LogP contribution in [0.3, 0.4) is 0 Å². The summed E-state index contributed by atoms with van der Waals surface area (Å²) in [5.41, 5.74) is 1.79. The minimum atomic E-state index is -0.132. The van der Waals surface area contributed by atoms with Crippen LogP contribution in [0.1, 0.15) is 5.56 Å². The van der Waals surface area contributed by atoms with E-state index in [1.807, 2.05) is 43.3 Å². The fraction of sp³-hybridized carbons (Fsp3) is 0.176. The van der Waals surface area contributed by atoms with E-state index in [4.69, 9.17) is 4.74 Å². The van der Waals surface area contributed by atoms with E-state index in [0.29, 0.717) is 18.5 Å².